The molecule has 0 spiro atoms. The summed E-state index contributed by atoms with van der Waals surface area (Å²) < 4.78 is 2.68. The zero-order chi connectivity index (χ0) is 31.1. The van der Waals surface area contributed by atoms with Gasteiger partial charge in [-0.05, 0) is 86.5 Å². The van der Waals surface area contributed by atoms with Gasteiger partial charge < -0.3 is 0 Å². The predicted molar refractivity (Wildman–Crippen MR) is 201 cm³/mol. The lowest BCUT2D eigenvalue weighted by Gasteiger charge is -2.22. The van der Waals surface area contributed by atoms with Gasteiger partial charge in [0, 0.05) is 37.0 Å². The Morgan fingerprint density at radius 3 is 2.09 bits per heavy atom. The standard InChI is InChI=1S/C45H29NS/c1-27-32-14-9-10-18-39(32)46-45(31-21-19-29(20-22-31)28-11-3-2-4-12-28)42(27)44-35-17-8-7-16-34(35)36-25-38-41(26-37(36)44)47-40-24-23-30-13-5-6-15-33(30)43(38)40/h2-26,44H,1H3. The number of hydrogen-bond donors (Lipinski definition) is 0. The maximum atomic E-state index is 5.43. The molecule has 0 amide bonds. The second-order valence-corrected chi connectivity index (χ2v) is 13.8. The summed E-state index contributed by atoms with van der Waals surface area (Å²) in [5.41, 5.74) is 13.7. The van der Waals surface area contributed by atoms with E-state index in [1.807, 2.05) is 11.3 Å². The minimum absolute atomic E-state index is 0.0773. The van der Waals surface area contributed by atoms with Crippen molar-refractivity contribution in [2.24, 2.45) is 0 Å². The lowest BCUT2D eigenvalue weighted by Crippen LogP contribution is -2.07. The highest BCUT2D eigenvalue weighted by Gasteiger charge is 2.34. The van der Waals surface area contributed by atoms with Crippen LogP contribution in [0.3, 0.4) is 0 Å². The molecule has 0 N–H and O–H groups in total. The van der Waals surface area contributed by atoms with Crippen molar-refractivity contribution in [3.05, 3.63) is 174 Å². The monoisotopic (exact) mass is 615 g/mol. The molecule has 2 aromatic heterocycles. The third-order valence-electron chi connectivity index (χ3n) is 10.2. The van der Waals surface area contributed by atoms with Crippen LogP contribution in [0.1, 0.15) is 28.2 Å². The molecule has 2 heterocycles. The van der Waals surface area contributed by atoms with E-state index in [0.29, 0.717) is 0 Å². The van der Waals surface area contributed by atoms with Gasteiger partial charge in [-0.15, -0.1) is 11.3 Å². The predicted octanol–water partition coefficient (Wildman–Crippen LogP) is 12.6. The van der Waals surface area contributed by atoms with E-state index in [9.17, 15) is 0 Å². The molecule has 1 nitrogen and oxygen atoms in total. The molecule has 7 aromatic carbocycles. The average molecular weight is 616 g/mol. The van der Waals surface area contributed by atoms with Crippen molar-refractivity contribution in [3.8, 4) is 33.5 Å². The second-order valence-electron chi connectivity index (χ2n) is 12.7. The summed E-state index contributed by atoms with van der Waals surface area (Å²) in [5.74, 6) is 0.0773. The summed E-state index contributed by atoms with van der Waals surface area (Å²) in [6.45, 7) is 2.30. The molecule has 1 aliphatic rings. The van der Waals surface area contributed by atoms with Gasteiger partial charge in [-0.1, -0.05) is 127 Å². The maximum Gasteiger partial charge on any atom is 0.0754 e. The molecule has 1 aliphatic carbocycles. The number of aromatic nitrogens is 1. The van der Waals surface area contributed by atoms with E-state index in [2.05, 4.69) is 159 Å². The van der Waals surface area contributed by atoms with Crippen molar-refractivity contribution < 1.29 is 0 Å². The van der Waals surface area contributed by atoms with Crippen LogP contribution in [0.15, 0.2) is 152 Å². The molecule has 0 fully saturated rings. The van der Waals surface area contributed by atoms with E-state index in [-0.39, 0.29) is 5.92 Å². The molecule has 47 heavy (non-hydrogen) atoms. The maximum absolute atomic E-state index is 5.43. The number of para-hydroxylation sites is 1. The number of thiophene rings is 1. The van der Waals surface area contributed by atoms with Gasteiger partial charge in [0.2, 0.25) is 0 Å². The van der Waals surface area contributed by atoms with Gasteiger partial charge in [0.1, 0.15) is 0 Å². The van der Waals surface area contributed by atoms with Crippen LogP contribution >= 0.6 is 11.3 Å². The van der Waals surface area contributed by atoms with Crippen molar-refractivity contribution in [1.29, 1.82) is 0 Å². The highest BCUT2D eigenvalue weighted by atomic mass is 32.1. The zero-order valence-electron chi connectivity index (χ0n) is 25.9. The summed E-state index contributed by atoms with van der Waals surface area (Å²) in [7, 11) is 0. The first-order valence-electron chi connectivity index (χ1n) is 16.3. The normalized spacial score (nSPS) is 13.9. The minimum Gasteiger partial charge on any atom is -0.247 e. The van der Waals surface area contributed by atoms with Gasteiger partial charge in [0.15, 0.2) is 0 Å². The van der Waals surface area contributed by atoms with Gasteiger partial charge in [0.05, 0.1) is 11.2 Å². The van der Waals surface area contributed by atoms with E-state index in [0.717, 1.165) is 16.8 Å². The van der Waals surface area contributed by atoms with E-state index in [4.69, 9.17) is 4.98 Å². The van der Waals surface area contributed by atoms with Crippen LogP contribution in [0.5, 0.6) is 0 Å². The Hall–Kier alpha value is -5.57. The van der Waals surface area contributed by atoms with Gasteiger partial charge in [-0.2, -0.15) is 0 Å². The summed E-state index contributed by atoms with van der Waals surface area (Å²) in [6.07, 6.45) is 0. The lowest BCUT2D eigenvalue weighted by molar-refractivity contribution is 0.995. The molecule has 0 saturated heterocycles. The van der Waals surface area contributed by atoms with Crippen LogP contribution in [0.25, 0.3) is 75.4 Å². The third kappa shape index (κ3) is 3.98. The average Bonchev–Trinajstić information content (AvgIpc) is 3.66. The fraction of sp³-hybridized carbons (Fsp3) is 0.0444. The van der Waals surface area contributed by atoms with E-state index < -0.39 is 0 Å². The number of pyridine rings is 1. The fourth-order valence-electron chi connectivity index (χ4n) is 7.97. The zero-order valence-corrected chi connectivity index (χ0v) is 26.7. The van der Waals surface area contributed by atoms with Crippen molar-refractivity contribution in [3.63, 3.8) is 0 Å². The quantitative estimate of drug-likeness (QED) is 0.193. The van der Waals surface area contributed by atoms with Crippen LogP contribution in [-0.4, -0.2) is 4.98 Å². The number of hydrogen-bond acceptors (Lipinski definition) is 2. The van der Waals surface area contributed by atoms with Crippen LogP contribution in [-0.2, 0) is 0 Å². The number of nitrogens with zero attached hydrogens (tertiary/aromatic N) is 1. The summed E-state index contributed by atoms with van der Waals surface area (Å²) in [6, 6.07) is 55.5. The van der Waals surface area contributed by atoms with Crippen LogP contribution in [0, 0.1) is 6.92 Å². The Morgan fingerprint density at radius 2 is 1.21 bits per heavy atom. The van der Waals surface area contributed by atoms with Crippen molar-refractivity contribution in [2.45, 2.75) is 12.8 Å². The molecule has 9 aromatic rings. The molecule has 1 atom stereocenters. The number of aryl methyl sites for hydroxylation is 1. The first-order chi connectivity index (χ1) is 23.2. The second kappa shape index (κ2) is 10.2. The molecule has 0 saturated carbocycles. The van der Waals surface area contributed by atoms with Crippen LogP contribution < -0.4 is 0 Å². The molecule has 220 valence electrons. The topological polar surface area (TPSA) is 12.9 Å². The third-order valence-corrected chi connectivity index (χ3v) is 11.3. The highest BCUT2D eigenvalue weighted by Crippen LogP contribution is 2.54. The Kier molecular flexibility index (Phi) is 5.79. The lowest BCUT2D eigenvalue weighted by atomic mass is 9.82. The summed E-state index contributed by atoms with van der Waals surface area (Å²) in [4.78, 5) is 5.43. The molecule has 2 heteroatoms. The van der Waals surface area contributed by atoms with Crippen LogP contribution in [0.4, 0.5) is 0 Å². The first kappa shape index (κ1) is 26.6. The highest BCUT2D eigenvalue weighted by molar-refractivity contribution is 7.26. The van der Waals surface area contributed by atoms with E-state index >= 15 is 0 Å². The number of rotatable bonds is 3. The van der Waals surface area contributed by atoms with E-state index in [1.54, 1.807) is 0 Å². The Morgan fingerprint density at radius 1 is 0.511 bits per heavy atom. The smallest absolute Gasteiger partial charge is 0.0754 e. The molecule has 0 aliphatic heterocycles. The minimum atomic E-state index is 0.0773. The summed E-state index contributed by atoms with van der Waals surface area (Å²) in [5, 5.41) is 6.55. The van der Waals surface area contributed by atoms with Crippen molar-refractivity contribution in [1.82, 2.24) is 4.98 Å². The van der Waals surface area contributed by atoms with Gasteiger partial charge in [-0.3, -0.25) is 0 Å². The molecular weight excluding hydrogens is 587 g/mol. The Labute approximate surface area is 277 Å². The summed E-state index contributed by atoms with van der Waals surface area (Å²) >= 11 is 1.91. The molecular formula is C45H29NS. The van der Waals surface area contributed by atoms with Gasteiger partial charge >= 0.3 is 0 Å². The van der Waals surface area contributed by atoms with Crippen LogP contribution in [0.2, 0.25) is 0 Å². The SMILES string of the molecule is Cc1c(C2c3ccccc3-c3cc4c(cc32)sc2ccc3ccccc3c24)c(-c2ccc(-c3ccccc3)cc2)nc2ccccc12. The molecule has 10 rings (SSSR count). The molecule has 1 unspecified atom stereocenters. The van der Waals surface area contributed by atoms with Gasteiger partial charge in [0.25, 0.3) is 0 Å². The fourth-order valence-corrected chi connectivity index (χ4v) is 9.12. The number of benzene rings is 7. The largest absolute Gasteiger partial charge is 0.247 e. The van der Waals surface area contributed by atoms with Crippen molar-refractivity contribution in [2.75, 3.05) is 0 Å². The number of fused-ring (bicyclic) bond motifs is 9. The van der Waals surface area contributed by atoms with Crippen molar-refractivity contribution >= 4 is 53.2 Å². The first-order valence-corrected chi connectivity index (χ1v) is 17.1. The Bertz CT molecular complexity index is 2680. The van der Waals surface area contributed by atoms with E-state index in [1.165, 1.54) is 80.8 Å². The van der Waals surface area contributed by atoms with Gasteiger partial charge in [-0.25, -0.2) is 4.98 Å². The molecule has 0 bridgehead atoms. The Balaban J connectivity index is 1.25. The molecule has 0 radical (unpaired) electrons.